The minimum Gasteiger partial charge on any atom is -0.443 e. The van der Waals surface area contributed by atoms with Crippen LogP contribution in [0.15, 0.2) is 60.7 Å². The van der Waals surface area contributed by atoms with Crippen LogP contribution in [0.25, 0.3) is 0 Å². The Morgan fingerprint density at radius 1 is 1.00 bits per heavy atom. The van der Waals surface area contributed by atoms with Crippen LogP contribution in [-0.4, -0.2) is 47.8 Å². The number of amides is 1. The van der Waals surface area contributed by atoms with Gasteiger partial charge in [-0.1, -0.05) is 81.4 Å². The van der Waals surface area contributed by atoms with Crippen LogP contribution in [-0.2, 0) is 24.6 Å². The zero-order valence-corrected chi connectivity index (χ0v) is 21.5. The van der Waals surface area contributed by atoms with E-state index in [1.165, 1.54) is 0 Å². The van der Waals surface area contributed by atoms with E-state index in [0.29, 0.717) is 0 Å². The molecule has 1 aliphatic rings. The SMILES string of the molecule is CC(C)(C)OC(=O)N1C(CO[Si](c2ccccc2)(c2ccccc2)C(C)(C)C)COS1=O. The predicted octanol–water partition coefficient (Wildman–Crippen LogP) is 3.78. The molecule has 0 aromatic heterocycles. The molecule has 0 radical (unpaired) electrons. The van der Waals surface area contributed by atoms with Gasteiger partial charge in [-0.2, -0.15) is 4.31 Å². The highest BCUT2D eigenvalue weighted by Crippen LogP contribution is 2.37. The van der Waals surface area contributed by atoms with E-state index in [9.17, 15) is 9.00 Å². The first-order valence-corrected chi connectivity index (χ1v) is 13.7. The molecule has 1 amide bonds. The van der Waals surface area contributed by atoms with Crippen LogP contribution in [0.2, 0.25) is 5.04 Å². The Kier molecular flexibility index (Phi) is 7.29. The summed E-state index contributed by atoms with van der Waals surface area (Å²) in [7, 11) is -2.78. The van der Waals surface area contributed by atoms with Gasteiger partial charge in [-0.15, -0.1) is 0 Å². The molecule has 2 atom stereocenters. The summed E-state index contributed by atoms with van der Waals surface area (Å²) in [6.45, 7) is 12.2. The van der Waals surface area contributed by atoms with Crippen molar-refractivity contribution >= 4 is 36.1 Å². The normalized spacial score (nSPS) is 19.8. The van der Waals surface area contributed by atoms with Gasteiger partial charge in [0, 0.05) is 0 Å². The Morgan fingerprint density at radius 3 is 1.94 bits per heavy atom. The number of hydrogen-bond donors (Lipinski definition) is 0. The van der Waals surface area contributed by atoms with E-state index in [4.69, 9.17) is 13.3 Å². The number of benzene rings is 2. The standard InChI is InChI=1S/C24H33NO5SSi/c1-23(2,3)30-22(26)25-19(17-28-31(25)27)18-29-32(24(4,5)6,20-13-9-7-10-14-20)21-15-11-8-12-16-21/h7-16,19H,17-18H2,1-6H3. The number of nitrogens with zero attached hydrogens (tertiary/aromatic N) is 1. The fourth-order valence-corrected chi connectivity index (χ4v) is 9.51. The molecule has 2 unspecified atom stereocenters. The highest BCUT2D eigenvalue weighted by molar-refractivity contribution is 7.78. The molecule has 1 heterocycles. The first-order chi connectivity index (χ1) is 15.0. The Hall–Kier alpha value is -2.00. The number of carbonyl (C=O) groups excluding carboxylic acids is 1. The fraction of sp³-hybridized carbons (Fsp3) is 0.458. The van der Waals surface area contributed by atoms with Gasteiger partial charge >= 0.3 is 6.09 Å². The van der Waals surface area contributed by atoms with Crippen molar-refractivity contribution in [3.8, 4) is 0 Å². The molecule has 32 heavy (non-hydrogen) atoms. The van der Waals surface area contributed by atoms with Crippen LogP contribution in [0.3, 0.4) is 0 Å². The van der Waals surface area contributed by atoms with Gasteiger partial charge in [-0.05, 0) is 36.2 Å². The molecule has 174 valence electrons. The Bertz CT molecular complexity index is 901. The topological polar surface area (TPSA) is 65.1 Å². The third-order valence-electron chi connectivity index (χ3n) is 5.34. The summed E-state index contributed by atoms with van der Waals surface area (Å²) in [5.74, 6) is 0. The van der Waals surface area contributed by atoms with Gasteiger partial charge in [0.05, 0.1) is 19.3 Å². The number of ether oxygens (including phenoxy) is 1. The first kappa shape index (κ1) is 24.6. The summed E-state index contributed by atoms with van der Waals surface area (Å²) in [6.07, 6.45) is -0.663. The Balaban J connectivity index is 1.97. The van der Waals surface area contributed by atoms with Crippen LogP contribution in [0.1, 0.15) is 41.5 Å². The summed E-state index contributed by atoms with van der Waals surface area (Å²) in [5.41, 5.74) is -0.701. The molecule has 6 nitrogen and oxygen atoms in total. The highest BCUT2D eigenvalue weighted by atomic mass is 32.2. The van der Waals surface area contributed by atoms with Crippen molar-refractivity contribution in [1.82, 2.24) is 4.31 Å². The molecule has 3 rings (SSSR count). The minimum atomic E-state index is -2.78. The van der Waals surface area contributed by atoms with E-state index in [2.05, 4.69) is 45.0 Å². The summed E-state index contributed by atoms with van der Waals surface area (Å²) < 4.78 is 31.3. The molecule has 1 saturated heterocycles. The summed E-state index contributed by atoms with van der Waals surface area (Å²) >= 11 is -1.90. The minimum absolute atomic E-state index is 0.129. The van der Waals surface area contributed by atoms with Gasteiger partial charge in [0.2, 0.25) is 0 Å². The monoisotopic (exact) mass is 475 g/mol. The summed E-state index contributed by atoms with van der Waals surface area (Å²) in [5, 5.41) is 2.08. The van der Waals surface area contributed by atoms with E-state index in [0.717, 1.165) is 14.7 Å². The lowest BCUT2D eigenvalue weighted by atomic mass is 10.2. The van der Waals surface area contributed by atoms with Gasteiger partial charge in [-0.3, -0.25) is 4.18 Å². The quantitative estimate of drug-likeness (QED) is 0.616. The maximum absolute atomic E-state index is 12.7. The first-order valence-electron chi connectivity index (χ1n) is 10.8. The van der Waals surface area contributed by atoms with Crippen LogP contribution in [0.4, 0.5) is 4.79 Å². The molecular formula is C24H33NO5SSi. The van der Waals surface area contributed by atoms with Crippen molar-refractivity contribution in [2.75, 3.05) is 13.2 Å². The largest absolute Gasteiger partial charge is 0.443 e. The van der Waals surface area contributed by atoms with Crippen LogP contribution in [0.5, 0.6) is 0 Å². The van der Waals surface area contributed by atoms with Crippen molar-refractivity contribution in [3.63, 3.8) is 0 Å². The number of rotatable bonds is 5. The summed E-state index contributed by atoms with van der Waals surface area (Å²) in [6, 6.07) is 20.0. The third kappa shape index (κ3) is 5.14. The second-order valence-corrected chi connectivity index (χ2v) is 15.3. The third-order valence-corrected chi connectivity index (χ3v) is 11.4. The Labute approximate surface area is 194 Å². The smallest absolute Gasteiger partial charge is 0.424 e. The lowest BCUT2D eigenvalue weighted by Gasteiger charge is -2.43. The van der Waals surface area contributed by atoms with Gasteiger partial charge in [0.25, 0.3) is 19.6 Å². The second-order valence-electron chi connectivity index (χ2n) is 9.94. The molecule has 1 fully saturated rings. The zero-order valence-electron chi connectivity index (χ0n) is 19.7. The van der Waals surface area contributed by atoms with Gasteiger partial charge in [0.15, 0.2) is 0 Å². The van der Waals surface area contributed by atoms with E-state index >= 15 is 0 Å². The van der Waals surface area contributed by atoms with Gasteiger partial charge < -0.3 is 9.16 Å². The molecule has 0 saturated carbocycles. The molecule has 0 bridgehead atoms. The van der Waals surface area contributed by atoms with Gasteiger partial charge in [-0.25, -0.2) is 9.00 Å². The molecular weight excluding hydrogens is 442 g/mol. The molecule has 8 heteroatoms. The Morgan fingerprint density at radius 2 is 1.50 bits per heavy atom. The number of hydrogen-bond acceptors (Lipinski definition) is 5. The molecule has 0 aliphatic carbocycles. The average molecular weight is 476 g/mol. The van der Waals surface area contributed by atoms with Crippen LogP contribution in [0, 0.1) is 0 Å². The lowest BCUT2D eigenvalue weighted by molar-refractivity contribution is 0.0330. The van der Waals surface area contributed by atoms with Crippen LogP contribution < -0.4 is 10.4 Å². The second kappa shape index (κ2) is 9.47. The predicted molar refractivity (Wildman–Crippen MR) is 130 cm³/mol. The van der Waals surface area contributed by atoms with Crippen LogP contribution >= 0.6 is 0 Å². The van der Waals surface area contributed by atoms with Crippen molar-refractivity contribution in [1.29, 1.82) is 0 Å². The molecule has 2 aromatic rings. The zero-order chi connectivity index (χ0) is 23.6. The lowest BCUT2D eigenvalue weighted by Crippen LogP contribution is -2.67. The van der Waals surface area contributed by atoms with Crippen molar-refractivity contribution in [2.45, 2.75) is 58.2 Å². The fourth-order valence-electron chi connectivity index (χ4n) is 4.00. The van der Waals surface area contributed by atoms with Gasteiger partial charge in [0.1, 0.15) is 5.60 Å². The molecule has 2 aromatic carbocycles. The molecule has 0 spiro atoms. The molecule has 1 aliphatic heterocycles. The average Bonchev–Trinajstić information content (AvgIpc) is 3.08. The highest BCUT2D eigenvalue weighted by Gasteiger charge is 2.51. The van der Waals surface area contributed by atoms with E-state index in [-0.39, 0.29) is 18.3 Å². The maximum atomic E-state index is 12.7. The number of carbonyl (C=O) groups is 1. The maximum Gasteiger partial charge on any atom is 0.424 e. The molecule has 0 N–H and O–H groups in total. The van der Waals surface area contributed by atoms with E-state index in [1.54, 1.807) is 20.8 Å². The van der Waals surface area contributed by atoms with Crippen molar-refractivity contribution in [3.05, 3.63) is 60.7 Å². The van der Waals surface area contributed by atoms with E-state index in [1.807, 2.05) is 36.4 Å². The van der Waals surface area contributed by atoms with Crippen molar-refractivity contribution in [2.24, 2.45) is 0 Å². The van der Waals surface area contributed by atoms with Crippen molar-refractivity contribution < 1.29 is 22.3 Å². The van der Waals surface area contributed by atoms with E-state index < -0.39 is 37.3 Å². The summed E-state index contributed by atoms with van der Waals surface area (Å²) in [4.78, 5) is 12.7.